The van der Waals surface area contributed by atoms with Crippen molar-refractivity contribution in [2.75, 3.05) is 19.7 Å². The molecule has 0 saturated heterocycles. The predicted molar refractivity (Wildman–Crippen MR) is 100.0 cm³/mol. The van der Waals surface area contributed by atoms with Crippen LogP contribution in [-0.4, -0.2) is 47.8 Å². The van der Waals surface area contributed by atoms with Gasteiger partial charge in [0.1, 0.15) is 6.04 Å². The molecule has 2 heterocycles. The molecule has 0 saturated carbocycles. The minimum Gasteiger partial charge on any atom is -0.467 e. The molecule has 1 aromatic carbocycles. The lowest BCUT2D eigenvalue weighted by Crippen LogP contribution is -2.46. The molecule has 0 spiro atoms. The SMILES string of the molecule is CC[C@H](C)[C@@H](NC(=O)CSc1nnc(-c2ccc3c(c2)OCO3)o1)C(=O)OC. The van der Waals surface area contributed by atoms with Crippen LogP contribution in [0.15, 0.2) is 27.8 Å². The molecule has 10 heteroatoms. The molecule has 28 heavy (non-hydrogen) atoms. The third-order valence-electron chi connectivity index (χ3n) is 4.34. The lowest BCUT2D eigenvalue weighted by molar-refractivity contribution is -0.146. The Morgan fingerprint density at radius 2 is 2.07 bits per heavy atom. The first kappa shape index (κ1) is 20.0. The summed E-state index contributed by atoms with van der Waals surface area (Å²) >= 11 is 1.09. The van der Waals surface area contributed by atoms with Crippen LogP contribution in [-0.2, 0) is 14.3 Å². The molecule has 2 aromatic rings. The summed E-state index contributed by atoms with van der Waals surface area (Å²) in [5.74, 6) is 0.807. The fourth-order valence-electron chi connectivity index (χ4n) is 2.55. The highest BCUT2D eigenvalue weighted by atomic mass is 32.2. The van der Waals surface area contributed by atoms with Crippen LogP contribution in [0.5, 0.6) is 11.5 Å². The van der Waals surface area contributed by atoms with E-state index in [-0.39, 0.29) is 29.6 Å². The number of esters is 1. The first-order valence-corrected chi connectivity index (χ1v) is 9.74. The second-order valence-corrected chi connectivity index (χ2v) is 7.11. The van der Waals surface area contributed by atoms with Crippen molar-refractivity contribution in [1.82, 2.24) is 15.5 Å². The summed E-state index contributed by atoms with van der Waals surface area (Å²) in [4.78, 5) is 24.1. The molecular weight excluding hydrogens is 386 g/mol. The number of aromatic nitrogens is 2. The Balaban J connectivity index is 1.58. The second-order valence-electron chi connectivity index (χ2n) is 6.18. The number of amides is 1. The normalized spacial score (nSPS) is 14.4. The molecule has 0 unspecified atom stereocenters. The van der Waals surface area contributed by atoms with Gasteiger partial charge in [0.25, 0.3) is 5.22 Å². The Hall–Kier alpha value is -2.75. The molecule has 0 aliphatic carbocycles. The molecule has 0 bridgehead atoms. The molecule has 1 amide bonds. The van der Waals surface area contributed by atoms with Crippen LogP contribution in [0.2, 0.25) is 0 Å². The first-order chi connectivity index (χ1) is 13.5. The largest absolute Gasteiger partial charge is 0.467 e. The number of hydrogen-bond acceptors (Lipinski definition) is 9. The molecule has 0 radical (unpaired) electrons. The maximum Gasteiger partial charge on any atom is 0.328 e. The van der Waals surface area contributed by atoms with Crippen molar-refractivity contribution in [1.29, 1.82) is 0 Å². The van der Waals surface area contributed by atoms with Gasteiger partial charge in [-0.25, -0.2) is 4.79 Å². The van der Waals surface area contributed by atoms with Gasteiger partial charge in [-0.1, -0.05) is 32.0 Å². The molecule has 1 aliphatic heterocycles. The van der Waals surface area contributed by atoms with Gasteiger partial charge in [-0.15, -0.1) is 10.2 Å². The topological polar surface area (TPSA) is 113 Å². The van der Waals surface area contributed by atoms with E-state index in [0.29, 0.717) is 23.0 Å². The van der Waals surface area contributed by atoms with Crippen LogP contribution in [0.25, 0.3) is 11.5 Å². The van der Waals surface area contributed by atoms with E-state index >= 15 is 0 Å². The summed E-state index contributed by atoms with van der Waals surface area (Å²) in [6, 6.07) is 4.62. The minimum atomic E-state index is -0.685. The molecule has 9 nitrogen and oxygen atoms in total. The Morgan fingerprint density at radius 1 is 1.29 bits per heavy atom. The van der Waals surface area contributed by atoms with E-state index in [1.54, 1.807) is 18.2 Å². The van der Waals surface area contributed by atoms with Gasteiger partial charge in [-0.2, -0.15) is 0 Å². The highest BCUT2D eigenvalue weighted by Gasteiger charge is 2.27. The van der Waals surface area contributed by atoms with Gasteiger partial charge in [-0.05, 0) is 24.1 Å². The first-order valence-electron chi connectivity index (χ1n) is 8.75. The smallest absolute Gasteiger partial charge is 0.328 e. The van der Waals surface area contributed by atoms with Crippen molar-refractivity contribution in [2.24, 2.45) is 5.92 Å². The van der Waals surface area contributed by atoms with Crippen molar-refractivity contribution in [2.45, 2.75) is 31.5 Å². The Morgan fingerprint density at radius 3 is 2.82 bits per heavy atom. The van der Waals surface area contributed by atoms with E-state index in [0.717, 1.165) is 18.2 Å². The predicted octanol–water partition coefficient (Wildman–Crippen LogP) is 2.26. The van der Waals surface area contributed by atoms with Gasteiger partial charge in [-0.3, -0.25) is 4.79 Å². The van der Waals surface area contributed by atoms with Crippen LogP contribution >= 0.6 is 11.8 Å². The van der Waals surface area contributed by atoms with Gasteiger partial charge in [0.15, 0.2) is 11.5 Å². The van der Waals surface area contributed by atoms with Crippen LogP contribution < -0.4 is 14.8 Å². The fraction of sp³-hybridized carbons (Fsp3) is 0.444. The zero-order chi connectivity index (χ0) is 20.1. The van der Waals surface area contributed by atoms with Crippen molar-refractivity contribution in [3.8, 4) is 23.0 Å². The summed E-state index contributed by atoms with van der Waals surface area (Å²) in [7, 11) is 1.30. The minimum absolute atomic E-state index is 0.0344. The van der Waals surface area contributed by atoms with Crippen molar-refractivity contribution in [3.05, 3.63) is 18.2 Å². The number of thioether (sulfide) groups is 1. The maximum atomic E-state index is 12.2. The highest BCUT2D eigenvalue weighted by molar-refractivity contribution is 7.99. The third kappa shape index (κ3) is 4.56. The number of benzene rings is 1. The van der Waals surface area contributed by atoms with Crippen molar-refractivity contribution >= 4 is 23.6 Å². The number of ether oxygens (including phenoxy) is 3. The van der Waals surface area contributed by atoms with Gasteiger partial charge < -0.3 is 23.9 Å². The van der Waals surface area contributed by atoms with Crippen LogP contribution in [0.4, 0.5) is 0 Å². The Labute approximate surface area is 166 Å². The standard InChI is InChI=1S/C18H21N3O6S/c1-4-10(2)15(17(23)24-3)19-14(22)8-28-18-21-20-16(27-18)11-5-6-12-13(7-11)26-9-25-12/h5-7,10,15H,4,8-9H2,1-3H3,(H,19,22)/t10-,15+/m0/s1. The summed E-state index contributed by atoms with van der Waals surface area (Å²) in [5, 5.41) is 10.9. The quantitative estimate of drug-likeness (QED) is 0.520. The molecule has 1 aliphatic rings. The highest BCUT2D eigenvalue weighted by Crippen LogP contribution is 2.35. The number of nitrogens with one attached hydrogen (secondary N) is 1. The van der Waals surface area contributed by atoms with Crippen LogP contribution in [0.3, 0.4) is 0 Å². The van der Waals surface area contributed by atoms with E-state index < -0.39 is 12.0 Å². The number of carbonyl (C=O) groups is 2. The lowest BCUT2D eigenvalue weighted by Gasteiger charge is -2.21. The van der Waals surface area contributed by atoms with Crippen molar-refractivity contribution < 1.29 is 28.2 Å². The number of nitrogens with zero attached hydrogens (tertiary/aromatic N) is 2. The van der Waals surface area contributed by atoms with E-state index in [4.69, 9.17) is 18.6 Å². The third-order valence-corrected chi connectivity index (χ3v) is 5.16. The summed E-state index contributed by atoms with van der Waals surface area (Å²) < 4.78 is 21.0. The number of rotatable bonds is 8. The van der Waals surface area contributed by atoms with E-state index in [2.05, 4.69) is 15.5 Å². The fourth-order valence-corrected chi connectivity index (χ4v) is 3.13. The lowest BCUT2D eigenvalue weighted by atomic mass is 9.99. The monoisotopic (exact) mass is 407 g/mol. The second kappa shape index (κ2) is 8.96. The van der Waals surface area contributed by atoms with Gasteiger partial charge in [0.2, 0.25) is 18.6 Å². The molecular formula is C18H21N3O6S. The van der Waals surface area contributed by atoms with Crippen LogP contribution in [0, 0.1) is 5.92 Å². The Bertz CT molecular complexity index is 856. The summed E-state index contributed by atoms with van der Waals surface area (Å²) in [6.07, 6.45) is 0.732. The maximum absolute atomic E-state index is 12.2. The zero-order valence-corrected chi connectivity index (χ0v) is 16.6. The average Bonchev–Trinajstić information content (AvgIpc) is 3.37. The van der Waals surface area contributed by atoms with Gasteiger partial charge in [0, 0.05) is 5.56 Å². The number of hydrogen-bond donors (Lipinski definition) is 1. The molecule has 1 aromatic heterocycles. The molecule has 2 atom stereocenters. The van der Waals surface area contributed by atoms with E-state index in [1.807, 2.05) is 13.8 Å². The number of carbonyl (C=O) groups excluding carboxylic acids is 2. The average molecular weight is 407 g/mol. The zero-order valence-electron chi connectivity index (χ0n) is 15.8. The molecule has 150 valence electrons. The van der Waals surface area contributed by atoms with Crippen molar-refractivity contribution in [3.63, 3.8) is 0 Å². The van der Waals surface area contributed by atoms with Crippen LogP contribution in [0.1, 0.15) is 20.3 Å². The molecule has 1 N–H and O–H groups in total. The van der Waals surface area contributed by atoms with Gasteiger partial charge in [0.05, 0.1) is 12.9 Å². The summed E-state index contributed by atoms with van der Waals surface area (Å²) in [6.45, 7) is 4.00. The Kier molecular flexibility index (Phi) is 6.40. The molecule has 3 rings (SSSR count). The number of methoxy groups -OCH3 is 1. The molecule has 0 fully saturated rings. The van der Waals surface area contributed by atoms with E-state index in [1.165, 1.54) is 7.11 Å². The van der Waals surface area contributed by atoms with E-state index in [9.17, 15) is 9.59 Å². The number of fused-ring (bicyclic) bond motifs is 1. The summed E-state index contributed by atoms with van der Waals surface area (Å²) in [5.41, 5.74) is 0.690. The van der Waals surface area contributed by atoms with Gasteiger partial charge >= 0.3 is 5.97 Å².